The van der Waals surface area contributed by atoms with E-state index in [0.717, 1.165) is 11.3 Å². The van der Waals surface area contributed by atoms with Crippen LogP contribution in [0.4, 0.5) is 10.8 Å². The fourth-order valence-corrected chi connectivity index (χ4v) is 5.53. The number of aromatic nitrogens is 1. The van der Waals surface area contributed by atoms with E-state index in [1.165, 1.54) is 21.1 Å². The number of benzene rings is 1. The molecule has 2 aliphatic heterocycles. The molecule has 9 heteroatoms. The number of anilines is 2. The number of carbonyl (C=O) groups excluding carboxylic acids is 2. The maximum Gasteiger partial charge on any atom is 0.231 e. The van der Waals surface area contributed by atoms with Gasteiger partial charge in [0.05, 0.1) is 11.6 Å². The number of carbonyl (C=O) groups is 2. The molecule has 160 valence electrons. The molecule has 2 aromatic heterocycles. The van der Waals surface area contributed by atoms with E-state index in [-0.39, 0.29) is 18.2 Å². The maximum atomic E-state index is 12.8. The zero-order chi connectivity index (χ0) is 21.5. The van der Waals surface area contributed by atoms with Crippen molar-refractivity contribution < 1.29 is 19.1 Å². The van der Waals surface area contributed by atoms with Crippen LogP contribution in [0.15, 0.2) is 29.6 Å². The molecule has 1 unspecified atom stereocenters. The van der Waals surface area contributed by atoms with Crippen molar-refractivity contribution in [2.75, 3.05) is 30.0 Å². The molecule has 2 amide bonds. The summed E-state index contributed by atoms with van der Waals surface area (Å²) in [6.45, 7) is 5.46. The summed E-state index contributed by atoms with van der Waals surface area (Å²) in [5.41, 5.74) is 2.67. The first-order valence-corrected chi connectivity index (χ1v) is 11.7. The Bertz CT molecular complexity index is 1170. The molecule has 7 nitrogen and oxygen atoms in total. The Kier molecular flexibility index (Phi) is 5.15. The Balaban J connectivity index is 1.27. The number of rotatable bonds is 4. The second-order valence-electron chi connectivity index (χ2n) is 7.59. The van der Waals surface area contributed by atoms with Crippen LogP contribution in [0.5, 0.6) is 11.5 Å². The normalized spacial score (nSPS) is 17.8. The summed E-state index contributed by atoms with van der Waals surface area (Å²) in [6, 6.07) is 7.53. The van der Waals surface area contributed by atoms with Gasteiger partial charge in [0.25, 0.3) is 0 Å². The minimum atomic E-state index is -0.432. The molecule has 31 heavy (non-hydrogen) atoms. The average molecular weight is 456 g/mol. The van der Waals surface area contributed by atoms with Crippen LogP contribution in [-0.2, 0) is 9.59 Å². The molecule has 1 aromatic carbocycles. The number of thiophene rings is 1. The van der Waals surface area contributed by atoms with Gasteiger partial charge in [-0.25, -0.2) is 4.98 Å². The SMILES string of the molecule is Cc1cc(-c2csc(NC(=O)C3CC(=O)N(c4ccc5c(c4)OCCO5)C3)n2)c(C)s1. The van der Waals surface area contributed by atoms with Crippen molar-refractivity contribution in [2.45, 2.75) is 20.3 Å². The molecule has 0 bridgehead atoms. The lowest BCUT2D eigenvalue weighted by Crippen LogP contribution is -2.28. The summed E-state index contributed by atoms with van der Waals surface area (Å²) in [6.07, 6.45) is 0.168. The summed E-state index contributed by atoms with van der Waals surface area (Å²) >= 11 is 3.13. The highest BCUT2D eigenvalue weighted by atomic mass is 32.1. The fourth-order valence-electron chi connectivity index (χ4n) is 3.88. The molecule has 0 radical (unpaired) electrons. The van der Waals surface area contributed by atoms with Crippen molar-refractivity contribution in [3.63, 3.8) is 0 Å². The number of hydrogen-bond donors (Lipinski definition) is 1. The number of aryl methyl sites for hydroxylation is 2. The summed E-state index contributed by atoms with van der Waals surface area (Å²) in [5, 5.41) is 5.39. The highest BCUT2D eigenvalue weighted by Crippen LogP contribution is 2.36. The molecule has 4 heterocycles. The molecule has 1 saturated heterocycles. The molecule has 0 spiro atoms. The quantitative estimate of drug-likeness (QED) is 0.636. The van der Waals surface area contributed by atoms with E-state index in [1.54, 1.807) is 28.4 Å². The van der Waals surface area contributed by atoms with Crippen LogP contribution in [-0.4, -0.2) is 36.6 Å². The van der Waals surface area contributed by atoms with E-state index in [2.05, 4.69) is 30.2 Å². The predicted molar refractivity (Wildman–Crippen MR) is 121 cm³/mol. The number of amides is 2. The first-order chi connectivity index (χ1) is 15.0. The minimum absolute atomic E-state index is 0.0824. The Morgan fingerprint density at radius 3 is 2.77 bits per heavy atom. The minimum Gasteiger partial charge on any atom is -0.486 e. The van der Waals surface area contributed by atoms with Crippen LogP contribution in [0, 0.1) is 19.8 Å². The molecular formula is C22H21N3O4S2. The smallest absolute Gasteiger partial charge is 0.231 e. The van der Waals surface area contributed by atoms with Gasteiger partial charge in [-0.15, -0.1) is 22.7 Å². The van der Waals surface area contributed by atoms with Crippen LogP contribution in [0.2, 0.25) is 0 Å². The number of fused-ring (bicyclic) bond motifs is 1. The van der Waals surface area contributed by atoms with Crippen molar-refractivity contribution in [1.82, 2.24) is 4.98 Å². The molecule has 0 saturated carbocycles. The Labute approximate surface area is 187 Å². The number of hydrogen-bond acceptors (Lipinski definition) is 7. The van der Waals surface area contributed by atoms with Crippen molar-refractivity contribution in [3.05, 3.63) is 39.4 Å². The van der Waals surface area contributed by atoms with Gasteiger partial charge >= 0.3 is 0 Å². The standard InChI is InChI=1S/C22H21N3O4S2/c1-12-7-16(13(2)31-12)17-11-30-22(23-17)24-21(27)14-8-20(26)25(10-14)15-3-4-18-19(9-15)29-6-5-28-18/h3-4,7,9,11,14H,5-6,8,10H2,1-2H3,(H,23,24,27). The molecule has 3 aromatic rings. The van der Waals surface area contributed by atoms with Crippen molar-refractivity contribution >= 4 is 45.3 Å². The maximum absolute atomic E-state index is 12.8. The highest BCUT2D eigenvalue weighted by molar-refractivity contribution is 7.14. The van der Waals surface area contributed by atoms with E-state index in [4.69, 9.17) is 9.47 Å². The van der Waals surface area contributed by atoms with Gasteiger partial charge in [0.15, 0.2) is 16.6 Å². The van der Waals surface area contributed by atoms with Gasteiger partial charge in [-0.05, 0) is 32.0 Å². The molecule has 0 aliphatic carbocycles. The Hall–Kier alpha value is -2.91. The lowest BCUT2D eigenvalue weighted by molar-refractivity contribution is -0.122. The largest absolute Gasteiger partial charge is 0.486 e. The Morgan fingerprint density at radius 1 is 1.19 bits per heavy atom. The van der Waals surface area contributed by atoms with Crippen LogP contribution in [0.25, 0.3) is 11.3 Å². The fraction of sp³-hybridized carbons (Fsp3) is 0.318. The van der Waals surface area contributed by atoms with E-state index in [1.807, 2.05) is 11.4 Å². The van der Waals surface area contributed by atoms with Crippen LogP contribution < -0.4 is 19.7 Å². The van der Waals surface area contributed by atoms with Crippen molar-refractivity contribution in [1.29, 1.82) is 0 Å². The lowest BCUT2D eigenvalue weighted by Gasteiger charge is -2.22. The van der Waals surface area contributed by atoms with Crippen molar-refractivity contribution in [2.24, 2.45) is 5.92 Å². The topological polar surface area (TPSA) is 80.8 Å². The molecule has 1 N–H and O–H groups in total. The Morgan fingerprint density at radius 2 is 2.00 bits per heavy atom. The number of thiazole rings is 1. The molecule has 5 rings (SSSR count). The third-order valence-corrected chi connectivity index (χ3v) is 7.11. The first kappa shape index (κ1) is 20.0. The summed E-state index contributed by atoms with van der Waals surface area (Å²) in [4.78, 5) is 34.1. The summed E-state index contributed by atoms with van der Waals surface area (Å²) in [5.74, 6) is 0.594. The van der Waals surface area contributed by atoms with Crippen LogP contribution in [0.3, 0.4) is 0 Å². The monoisotopic (exact) mass is 455 g/mol. The van der Waals surface area contributed by atoms with Gasteiger partial charge in [0.1, 0.15) is 13.2 Å². The van der Waals surface area contributed by atoms with Gasteiger partial charge in [-0.3, -0.25) is 9.59 Å². The van der Waals surface area contributed by atoms with E-state index in [0.29, 0.717) is 42.1 Å². The number of nitrogens with zero attached hydrogens (tertiary/aromatic N) is 2. The highest BCUT2D eigenvalue weighted by Gasteiger charge is 2.36. The van der Waals surface area contributed by atoms with Gasteiger partial charge in [-0.2, -0.15) is 0 Å². The van der Waals surface area contributed by atoms with Crippen molar-refractivity contribution in [3.8, 4) is 22.8 Å². The predicted octanol–water partition coefficient (Wildman–Crippen LogP) is 4.25. The summed E-state index contributed by atoms with van der Waals surface area (Å²) < 4.78 is 11.2. The van der Waals surface area contributed by atoms with Gasteiger partial charge in [0, 0.05) is 45.4 Å². The van der Waals surface area contributed by atoms with Gasteiger partial charge in [-0.1, -0.05) is 0 Å². The molecular weight excluding hydrogens is 434 g/mol. The van der Waals surface area contributed by atoms with Gasteiger partial charge < -0.3 is 19.7 Å². The molecule has 1 fully saturated rings. The zero-order valence-electron chi connectivity index (χ0n) is 17.1. The van der Waals surface area contributed by atoms with E-state index < -0.39 is 5.92 Å². The summed E-state index contributed by atoms with van der Waals surface area (Å²) in [7, 11) is 0. The molecule has 2 aliphatic rings. The molecule has 1 atom stereocenters. The number of nitrogens with one attached hydrogen (secondary N) is 1. The second-order valence-corrected chi connectivity index (χ2v) is 9.91. The zero-order valence-corrected chi connectivity index (χ0v) is 18.8. The second kappa shape index (κ2) is 7.97. The number of ether oxygens (including phenoxy) is 2. The lowest BCUT2D eigenvalue weighted by atomic mass is 10.1. The van der Waals surface area contributed by atoms with Crippen LogP contribution >= 0.6 is 22.7 Å². The first-order valence-electron chi connectivity index (χ1n) is 10.0. The van der Waals surface area contributed by atoms with Gasteiger partial charge in [0.2, 0.25) is 11.8 Å². The van der Waals surface area contributed by atoms with E-state index >= 15 is 0 Å². The third-order valence-electron chi connectivity index (χ3n) is 5.38. The van der Waals surface area contributed by atoms with E-state index in [9.17, 15) is 9.59 Å². The van der Waals surface area contributed by atoms with Crippen LogP contribution in [0.1, 0.15) is 16.2 Å². The average Bonchev–Trinajstić information content (AvgIpc) is 3.46. The third kappa shape index (κ3) is 3.90.